The molecule has 0 atom stereocenters. The fraction of sp³-hybridized carbons (Fsp3) is 0.0526. The third-order valence-electron chi connectivity index (χ3n) is 3.38. The molecule has 0 fully saturated rings. The summed E-state index contributed by atoms with van der Waals surface area (Å²) in [5, 5.41) is 12.8. The van der Waals surface area contributed by atoms with Crippen molar-refractivity contribution in [1.29, 1.82) is 5.26 Å². The highest BCUT2D eigenvalue weighted by molar-refractivity contribution is 7.11. The highest BCUT2D eigenvalue weighted by Gasteiger charge is 2.09. The Morgan fingerprint density at radius 2 is 1.83 bits per heavy atom. The maximum atomic E-state index is 9.43. The van der Waals surface area contributed by atoms with E-state index in [1.807, 2.05) is 47.9 Å². The van der Waals surface area contributed by atoms with E-state index in [0.717, 1.165) is 21.8 Å². The number of rotatable bonds is 3. The highest BCUT2D eigenvalue weighted by atomic mass is 35.5. The summed E-state index contributed by atoms with van der Waals surface area (Å²) in [5.74, 6) is 0. The van der Waals surface area contributed by atoms with E-state index in [0.29, 0.717) is 10.6 Å². The standard InChI is InChI=1S/C19H13ClN2S/c1-13-2-6-15(7-3-13)18-12-23-19(22-18)16(11-21)10-14-4-8-17(20)9-5-14/h2-10,12H,1H3. The van der Waals surface area contributed by atoms with Crippen LogP contribution in [0.5, 0.6) is 0 Å². The number of aryl methyl sites for hydroxylation is 1. The molecule has 4 heteroatoms. The minimum Gasteiger partial charge on any atom is -0.235 e. The average Bonchev–Trinajstić information content (AvgIpc) is 3.05. The molecule has 23 heavy (non-hydrogen) atoms. The number of aromatic nitrogens is 1. The Kier molecular flexibility index (Phi) is 4.57. The minimum atomic E-state index is 0.552. The zero-order chi connectivity index (χ0) is 16.2. The summed E-state index contributed by atoms with van der Waals surface area (Å²) in [6.07, 6.45) is 1.83. The van der Waals surface area contributed by atoms with Gasteiger partial charge in [0.05, 0.1) is 11.3 Å². The van der Waals surface area contributed by atoms with Gasteiger partial charge in [0.15, 0.2) is 0 Å². The first kappa shape index (κ1) is 15.5. The highest BCUT2D eigenvalue weighted by Crippen LogP contribution is 2.27. The Morgan fingerprint density at radius 3 is 2.48 bits per heavy atom. The number of hydrogen-bond donors (Lipinski definition) is 0. The van der Waals surface area contributed by atoms with Gasteiger partial charge in [-0.1, -0.05) is 53.6 Å². The number of thiazole rings is 1. The van der Waals surface area contributed by atoms with Crippen molar-refractivity contribution in [3.8, 4) is 17.3 Å². The van der Waals surface area contributed by atoms with Crippen LogP contribution in [0.3, 0.4) is 0 Å². The number of benzene rings is 2. The van der Waals surface area contributed by atoms with Crippen LogP contribution in [0.1, 0.15) is 16.1 Å². The Hall–Kier alpha value is -2.41. The van der Waals surface area contributed by atoms with E-state index >= 15 is 0 Å². The fourth-order valence-corrected chi connectivity index (χ4v) is 3.04. The van der Waals surface area contributed by atoms with Gasteiger partial charge >= 0.3 is 0 Å². The lowest BCUT2D eigenvalue weighted by molar-refractivity contribution is 1.36. The molecule has 3 aromatic rings. The summed E-state index contributed by atoms with van der Waals surface area (Å²) < 4.78 is 0. The van der Waals surface area contributed by atoms with Crippen LogP contribution in [0.15, 0.2) is 53.9 Å². The first-order valence-electron chi connectivity index (χ1n) is 7.06. The van der Waals surface area contributed by atoms with Crippen LogP contribution in [-0.4, -0.2) is 4.98 Å². The Bertz CT molecular complexity index is 884. The van der Waals surface area contributed by atoms with E-state index in [4.69, 9.17) is 11.6 Å². The fourth-order valence-electron chi connectivity index (χ4n) is 2.12. The Balaban J connectivity index is 1.92. The molecule has 1 heterocycles. The second-order valence-corrected chi connectivity index (χ2v) is 6.42. The van der Waals surface area contributed by atoms with E-state index in [-0.39, 0.29) is 0 Å². The molecular formula is C19H13ClN2S. The van der Waals surface area contributed by atoms with Crippen molar-refractivity contribution in [1.82, 2.24) is 4.98 Å². The zero-order valence-corrected chi connectivity index (χ0v) is 14.0. The van der Waals surface area contributed by atoms with Gasteiger partial charge in [-0.3, -0.25) is 0 Å². The van der Waals surface area contributed by atoms with Crippen LogP contribution in [0, 0.1) is 18.3 Å². The Labute approximate surface area is 144 Å². The van der Waals surface area contributed by atoms with Gasteiger partial charge in [-0.05, 0) is 30.7 Å². The summed E-state index contributed by atoms with van der Waals surface area (Å²) in [4.78, 5) is 4.60. The molecule has 0 bridgehead atoms. The molecule has 3 rings (SSSR count). The first-order valence-corrected chi connectivity index (χ1v) is 8.32. The lowest BCUT2D eigenvalue weighted by atomic mass is 10.1. The van der Waals surface area contributed by atoms with Crippen LogP contribution in [0.4, 0.5) is 0 Å². The summed E-state index contributed by atoms with van der Waals surface area (Å²) in [5.41, 5.74) is 4.64. The predicted molar refractivity (Wildman–Crippen MR) is 97.2 cm³/mol. The van der Waals surface area contributed by atoms with Gasteiger partial charge in [0.25, 0.3) is 0 Å². The molecule has 2 nitrogen and oxygen atoms in total. The molecular weight excluding hydrogens is 324 g/mol. The van der Waals surface area contributed by atoms with E-state index < -0.39 is 0 Å². The monoisotopic (exact) mass is 336 g/mol. The second-order valence-electron chi connectivity index (χ2n) is 5.13. The minimum absolute atomic E-state index is 0.552. The molecule has 0 amide bonds. The van der Waals surface area contributed by atoms with E-state index in [2.05, 4.69) is 30.1 Å². The van der Waals surface area contributed by atoms with Crippen molar-refractivity contribution < 1.29 is 0 Å². The van der Waals surface area contributed by atoms with Crippen molar-refractivity contribution in [2.75, 3.05) is 0 Å². The number of allylic oxidation sites excluding steroid dienone is 1. The smallest absolute Gasteiger partial charge is 0.134 e. The number of hydrogen-bond acceptors (Lipinski definition) is 3. The van der Waals surface area contributed by atoms with Gasteiger partial charge < -0.3 is 0 Å². The summed E-state index contributed by atoms with van der Waals surface area (Å²) >= 11 is 7.36. The molecule has 0 aliphatic rings. The van der Waals surface area contributed by atoms with Crippen molar-refractivity contribution in [2.45, 2.75) is 6.92 Å². The number of nitriles is 1. The van der Waals surface area contributed by atoms with E-state index in [1.54, 1.807) is 0 Å². The molecule has 1 aromatic heterocycles. The first-order chi connectivity index (χ1) is 11.2. The van der Waals surface area contributed by atoms with Gasteiger partial charge in [-0.15, -0.1) is 11.3 Å². The average molecular weight is 337 g/mol. The lowest BCUT2D eigenvalue weighted by Crippen LogP contribution is -1.83. The van der Waals surface area contributed by atoms with Crippen LogP contribution in [0.25, 0.3) is 22.9 Å². The van der Waals surface area contributed by atoms with Crippen LogP contribution >= 0.6 is 22.9 Å². The maximum Gasteiger partial charge on any atom is 0.134 e. The number of nitrogens with zero attached hydrogens (tertiary/aromatic N) is 2. The van der Waals surface area contributed by atoms with Crippen molar-refractivity contribution in [2.24, 2.45) is 0 Å². The Morgan fingerprint density at radius 1 is 1.13 bits per heavy atom. The molecule has 0 radical (unpaired) electrons. The largest absolute Gasteiger partial charge is 0.235 e. The molecule has 2 aromatic carbocycles. The van der Waals surface area contributed by atoms with Gasteiger partial charge in [0.2, 0.25) is 0 Å². The summed E-state index contributed by atoms with van der Waals surface area (Å²) in [6, 6.07) is 17.8. The molecule has 0 unspecified atom stereocenters. The third kappa shape index (κ3) is 3.68. The quantitative estimate of drug-likeness (QED) is 0.564. The topological polar surface area (TPSA) is 36.7 Å². The molecule has 0 spiro atoms. The zero-order valence-electron chi connectivity index (χ0n) is 12.5. The van der Waals surface area contributed by atoms with Gasteiger partial charge in [0.1, 0.15) is 11.1 Å². The SMILES string of the molecule is Cc1ccc(-c2csc(C(C#N)=Cc3ccc(Cl)cc3)n2)cc1. The summed E-state index contributed by atoms with van der Waals surface area (Å²) in [7, 11) is 0. The van der Waals surface area contributed by atoms with Crippen LogP contribution < -0.4 is 0 Å². The van der Waals surface area contributed by atoms with Gasteiger partial charge in [-0.2, -0.15) is 5.26 Å². The normalized spacial score (nSPS) is 11.3. The van der Waals surface area contributed by atoms with E-state index in [1.165, 1.54) is 16.9 Å². The molecule has 112 valence electrons. The van der Waals surface area contributed by atoms with Crippen molar-refractivity contribution >= 4 is 34.6 Å². The second kappa shape index (κ2) is 6.78. The predicted octanol–water partition coefficient (Wildman–Crippen LogP) is 5.84. The van der Waals surface area contributed by atoms with Crippen LogP contribution in [-0.2, 0) is 0 Å². The molecule has 0 saturated carbocycles. The molecule has 0 N–H and O–H groups in total. The van der Waals surface area contributed by atoms with Crippen molar-refractivity contribution in [3.63, 3.8) is 0 Å². The molecule has 0 aliphatic carbocycles. The van der Waals surface area contributed by atoms with Gasteiger partial charge in [-0.25, -0.2) is 4.98 Å². The van der Waals surface area contributed by atoms with Crippen LogP contribution in [0.2, 0.25) is 5.02 Å². The summed E-state index contributed by atoms with van der Waals surface area (Å²) in [6.45, 7) is 2.05. The van der Waals surface area contributed by atoms with E-state index in [9.17, 15) is 5.26 Å². The lowest BCUT2D eigenvalue weighted by Gasteiger charge is -1.98. The number of halogens is 1. The van der Waals surface area contributed by atoms with Gasteiger partial charge in [0, 0.05) is 16.0 Å². The maximum absolute atomic E-state index is 9.43. The molecule has 0 saturated heterocycles. The third-order valence-corrected chi connectivity index (χ3v) is 4.51. The van der Waals surface area contributed by atoms with Crippen molar-refractivity contribution in [3.05, 3.63) is 75.1 Å². The molecule has 0 aliphatic heterocycles.